The Balaban J connectivity index is 1.54. The molecule has 6 nitrogen and oxygen atoms in total. The summed E-state index contributed by atoms with van der Waals surface area (Å²) in [6.07, 6.45) is 3.37. The molecule has 136 valence electrons. The maximum absolute atomic E-state index is 13.5. The summed E-state index contributed by atoms with van der Waals surface area (Å²) < 4.78 is 28.3. The minimum Gasteiger partial charge on any atom is -0.309 e. The van der Waals surface area contributed by atoms with E-state index in [1.807, 2.05) is 0 Å². The number of halogens is 2. The van der Waals surface area contributed by atoms with Gasteiger partial charge in [-0.1, -0.05) is 6.07 Å². The van der Waals surface area contributed by atoms with Gasteiger partial charge in [-0.25, -0.2) is 13.8 Å². The monoisotopic (exact) mass is 359 g/mol. The van der Waals surface area contributed by atoms with Gasteiger partial charge >= 0.3 is 0 Å². The highest BCUT2D eigenvalue weighted by Crippen LogP contribution is 2.28. The maximum atomic E-state index is 13.5. The molecule has 3 aromatic rings. The van der Waals surface area contributed by atoms with E-state index in [1.165, 1.54) is 18.3 Å². The fourth-order valence-electron chi connectivity index (χ4n) is 3.60. The standard InChI is InChI=1S/C18H19F2N5O/c1-24-17-13(8-21-24)18(26)23-16(22-17)10-25-6-2-3-12(9-25)11-4-5-14(19)15(20)7-11/h4-5,7-8,12H,2-3,6,9-10H2,1H3,(H,22,23,26). The predicted octanol–water partition coefficient (Wildman–Crippen LogP) is 2.31. The van der Waals surface area contributed by atoms with Gasteiger partial charge in [-0.3, -0.25) is 14.4 Å². The summed E-state index contributed by atoms with van der Waals surface area (Å²) in [6.45, 7) is 2.07. The number of rotatable bonds is 3. The average Bonchev–Trinajstić information content (AvgIpc) is 2.99. The molecule has 1 unspecified atom stereocenters. The van der Waals surface area contributed by atoms with Crippen molar-refractivity contribution in [3.05, 3.63) is 57.8 Å². The zero-order valence-electron chi connectivity index (χ0n) is 14.4. The number of H-pyrrole nitrogens is 1. The number of hydrogen-bond donors (Lipinski definition) is 1. The van der Waals surface area contributed by atoms with E-state index in [0.717, 1.165) is 24.9 Å². The van der Waals surface area contributed by atoms with Gasteiger partial charge in [-0.15, -0.1) is 0 Å². The summed E-state index contributed by atoms with van der Waals surface area (Å²) in [5.41, 5.74) is 1.15. The van der Waals surface area contributed by atoms with E-state index in [0.29, 0.717) is 29.9 Å². The number of aromatic nitrogens is 4. The van der Waals surface area contributed by atoms with Gasteiger partial charge in [-0.2, -0.15) is 5.10 Å². The summed E-state index contributed by atoms with van der Waals surface area (Å²) in [7, 11) is 1.75. The molecular weight excluding hydrogens is 340 g/mol. The molecule has 0 radical (unpaired) electrons. The Labute approximate surface area is 148 Å². The van der Waals surface area contributed by atoms with Crippen molar-refractivity contribution in [1.82, 2.24) is 24.6 Å². The normalized spacial score (nSPS) is 18.5. The van der Waals surface area contributed by atoms with Gasteiger partial charge in [-0.05, 0) is 43.0 Å². The van der Waals surface area contributed by atoms with Crippen molar-refractivity contribution >= 4 is 11.0 Å². The van der Waals surface area contributed by atoms with Crippen LogP contribution in [0.2, 0.25) is 0 Å². The summed E-state index contributed by atoms with van der Waals surface area (Å²) in [5, 5.41) is 4.53. The molecule has 1 N–H and O–H groups in total. The molecule has 0 amide bonds. The van der Waals surface area contributed by atoms with Crippen molar-refractivity contribution in [3.63, 3.8) is 0 Å². The van der Waals surface area contributed by atoms with Gasteiger partial charge in [0.05, 0.1) is 12.7 Å². The minimum absolute atomic E-state index is 0.131. The van der Waals surface area contributed by atoms with Crippen LogP contribution in [0.4, 0.5) is 8.78 Å². The van der Waals surface area contributed by atoms with Crippen LogP contribution in [0.15, 0.2) is 29.2 Å². The van der Waals surface area contributed by atoms with Crippen LogP contribution < -0.4 is 5.56 Å². The molecule has 4 rings (SSSR count). The van der Waals surface area contributed by atoms with Gasteiger partial charge in [0, 0.05) is 13.6 Å². The largest absolute Gasteiger partial charge is 0.309 e. The molecule has 1 aliphatic rings. The smallest absolute Gasteiger partial charge is 0.262 e. The van der Waals surface area contributed by atoms with Gasteiger partial charge < -0.3 is 4.98 Å². The number of nitrogens with one attached hydrogen (secondary N) is 1. The van der Waals surface area contributed by atoms with Crippen molar-refractivity contribution in [3.8, 4) is 0 Å². The van der Waals surface area contributed by atoms with Crippen LogP contribution in [0.3, 0.4) is 0 Å². The number of likely N-dealkylation sites (tertiary alicyclic amines) is 1. The molecule has 1 atom stereocenters. The number of aromatic amines is 1. The third-order valence-electron chi connectivity index (χ3n) is 4.94. The third kappa shape index (κ3) is 3.12. The summed E-state index contributed by atoms with van der Waals surface area (Å²) >= 11 is 0. The second kappa shape index (κ2) is 6.60. The summed E-state index contributed by atoms with van der Waals surface area (Å²) in [6, 6.07) is 4.11. The number of hydrogen-bond acceptors (Lipinski definition) is 4. The minimum atomic E-state index is -0.826. The first-order chi connectivity index (χ1) is 12.5. The predicted molar refractivity (Wildman–Crippen MR) is 92.7 cm³/mol. The number of aryl methyl sites for hydroxylation is 1. The second-order valence-electron chi connectivity index (χ2n) is 6.77. The zero-order chi connectivity index (χ0) is 18.3. The molecule has 3 heterocycles. The van der Waals surface area contributed by atoms with Crippen molar-refractivity contribution in [1.29, 1.82) is 0 Å². The molecule has 1 fully saturated rings. The first-order valence-corrected chi connectivity index (χ1v) is 8.59. The first kappa shape index (κ1) is 16.8. The van der Waals surface area contributed by atoms with Crippen LogP contribution in [0.1, 0.15) is 30.1 Å². The van der Waals surface area contributed by atoms with Crippen LogP contribution >= 0.6 is 0 Å². The van der Waals surface area contributed by atoms with Crippen molar-refractivity contribution < 1.29 is 8.78 Å². The lowest BCUT2D eigenvalue weighted by Gasteiger charge is -2.32. The second-order valence-corrected chi connectivity index (χ2v) is 6.77. The Kier molecular flexibility index (Phi) is 4.28. The van der Waals surface area contributed by atoms with E-state index in [-0.39, 0.29) is 11.5 Å². The third-order valence-corrected chi connectivity index (χ3v) is 4.94. The van der Waals surface area contributed by atoms with Crippen molar-refractivity contribution in [2.75, 3.05) is 13.1 Å². The molecular formula is C18H19F2N5O. The van der Waals surface area contributed by atoms with Crippen molar-refractivity contribution in [2.45, 2.75) is 25.3 Å². The van der Waals surface area contributed by atoms with Gasteiger partial charge in [0.1, 0.15) is 11.2 Å². The molecule has 0 spiro atoms. The molecule has 1 saturated heterocycles. The fourth-order valence-corrected chi connectivity index (χ4v) is 3.60. The Morgan fingerprint density at radius 2 is 2.15 bits per heavy atom. The van der Waals surface area contributed by atoms with Crippen LogP contribution in [0, 0.1) is 11.6 Å². The maximum Gasteiger partial charge on any atom is 0.262 e. The Hall–Kier alpha value is -2.61. The molecule has 0 bridgehead atoms. The van der Waals surface area contributed by atoms with Crippen LogP contribution in [-0.4, -0.2) is 37.7 Å². The summed E-state index contributed by atoms with van der Waals surface area (Å²) in [5.74, 6) is -0.928. The highest BCUT2D eigenvalue weighted by atomic mass is 19.2. The molecule has 1 aliphatic heterocycles. The number of benzene rings is 1. The van der Waals surface area contributed by atoms with E-state index in [4.69, 9.17) is 0 Å². The number of fused-ring (bicyclic) bond motifs is 1. The zero-order valence-corrected chi connectivity index (χ0v) is 14.4. The molecule has 26 heavy (non-hydrogen) atoms. The lowest BCUT2D eigenvalue weighted by atomic mass is 9.90. The Morgan fingerprint density at radius 3 is 2.96 bits per heavy atom. The molecule has 0 saturated carbocycles. The average molecular weight is 359 g/mol. The summed E-state index contributed by atoms with van der Waals surface area (Å²) in [4.78, 5) is 21.7. The van der Waals surface area contributed by atoms with Crippen molar-refractivity contribution in [2.24, 2.45) is 7.05 Å². The number of nitrogens with zero attached hydrogens (tertiary/aromatic N) is 4. The van der Waals surface area contributed by atoms with Gasteiger partial charge in [0.2, 0.25) is 0 Å². The first-order valence-electron chi connectivity index (χ1n) is 8.59. The molecule has 0 aliphatic carbocycles. The Bertz CT molecular complexity index is 1010. The fraction of sp³-hybridized carbons (Fsp3) is 0.389. The number of piperidine rings is 1. The van der Waals surface area contributed by atoms with Crippen LogP contribution in [-0.2, 0) is 13.6 Å². The highest BCUT2D eigenvalue weighted by molar-refractivity contribution is 5.72. The Morgan fingerprint density at radius 1 is 1.31 bits per heavy atom. The van der Waals surface area contributed by atoms with E-state index in [9.17, 15) is 13.6 Å². The SMILES string of the molecule is Cn1ncc2c(=O)[nH]c(CN3CCCC(c4ccc(F)c(F)c4)C3)nc21. The van der Waals surface area contributed by atoms with Crippen LogP contribution in [0.5, 0.6) is 0 Å². The van der Waals surface area contributed by atoms with Crippen LogP contribution in [0.25, 0.3) is 11.0 Å². The topological polar surface area (TPSA) is 66.8 Å². The molecule has 1 aromatic carbocycles. The van der Waals surface area contributed by atoms with Gasteiger partial charge in [0.25, 0.3) is 5.56 Å². The highest BCUT2D eigenvalue weighted by Gasteiger charge is 2.23. The quantitative estimate of drug-likeness (QED) is 0.779. The van der Waals surface area contributed by atoms with E-state index in [2.05, 4.69) is 20.0 Å². The molecule has 2 aromatic heterocycles. The molecule has 8 heteroatoms. The van der Waals surface area contributed by atoms with E-state index >= 15 is 0 Å². The van der Waals surface area contributed by atoms with Gasteiger partial charge in [0.15, 0.2) is 17.3 Å². The lowest BCUT2D eigenvalue weighted by molar-refractivity contribution is 0.195. The van der Waals surface area contributed by atoms with E-state index in [1.54, 1.807) is 17.8 Å². The van der Waals surface area contributed by atoms with E-state index < -0.39 is 11.6 Å². The lowest BCUT2D eigenvalue weighted by Crippen LogP contribution is -2.35.